The van der Waals surface area contributed by atoms with E-state index in [1.54, 1.807) is 0 Å². The van der Waals surface area contributed by atoms with E-state index in [2.05, 4.69) is 5.32 Å². The van der Waals surface area contributed by atoms with Gasteiger partial charge in [-0.1, -0.05) is 6.07 Å². The number of benzene rings is 1. The molecule has 5 nitrogen and oxygen atoms in total. The SMILES string of the molecule is CNC1CCCN(C(=O)Cc2ccc3c(c2)OCO3)C1.Cl. The van der Waals surface area contributed by atoms with Crippen molar-refractivity contribution in [2.24, 2.45) is 0 Å². The second-order valence-electron chi connectivity index (χ2n) is 5.33. The number of nitrogens with one attached hydrogen (secondary N) is 1. The number of hydrogen-bond donors (Lipinski definition) is 1. The first kappa shape index (κ1) is 15.9. The largest absolute Gasteiger partial charge is 0.454 e. The van der Waals surface area contributed by atoms with E-state index in [4.69, 9.17) is 9.47 Å². The van der Waals surface area contributed by atoms with Crippen molar-refractivity contribution < 1.29 is 14.3 Å². The second-order valence-corrected chi connectivity index (χ2v) is 5.33. The topological polar surface area (TPSA) is 50.8 Å². The molecule has 0 spiro atoms. The van der Waals surface area contributed by atoms with Gasteiger partial charge >= 0.3 is 0 Å². The van der Waals surface area contributed by atoms with Crippen molar-refractivity contribution in [3.05, 3.63) is 23.8 Å². The van der Waals surface area contributed by atoms with Gasteiger partial charge in [0.15, 0.2) is 11.5 Å². The summed E-state index contributed by atoms with van der Waals surface area (Å²) < 4.78 is 10.6. The number of amides is 1. The number of carbonyl (C=O) groups excluding carboxylic acids is 1. The van der Waals surface area contributed by atoms with E-state index in [-0.39, 0.29) is 25.1 Å². The van der Waals surface area contributed by atoms with Crippen LogP contribution in [0.5, 0.6) is 11.5 Å². The Hall–Kier alpha value is -1.46. The smallest absolute Gasteiger partial charge is 0.231 e. The molecular weight excluding hydrogens is 292 g/mol. The summed E-state index contributed by atoms with van der Waals surface area (Å²) in [5, 5.41) is 3.26. The van der Waals surface area contributed by atoms with Gasteiger partial charge in [0.05, 0.1) is 6.42 Å². The zero-order valence-electron chi connectivity index (χ0n) is 12.1. The molecular formula is C15H21ClN2O3. The molecule has 1 aromatic rings. The van der Waals surface area contributed by atoms with Gasteiger partial charge in [-0.3, -0.25) is 4.79 Å². The number of piperidine rings is 1. The molecule has 1 atom stereocenters. The van der Waals surface area contributed by atoms with Crippen LogP contribution < -0.4 is 14.8 Å². The standard InChI is InChI=1S/C15H20N2O3.ClH/c1-16-12-3-2-6-17(9-12)15(18)8-11-4-5-13-14(7-11)20-10-19-13;/h4-5,7,12,16H,2-3,6,8-10H2,1H3;1H. The molecule has 0 aliphatic carbocycles. The number of likely N-dealkylation sites (tertiary alicyclic amines) is 1. The van der Waals surface area contributed by atoms with Gasteiger partial charge in [-0.25, -0.2) is 0 Å². The van der Waals surface area contributed by atoms with Gasteiger partial charge in [-0.2, -0.15) is 0 Å². The number of nitrogens with zero attached hydrogens (tertiary/aromatic N) is 1. The van der Waals surface area contributed by atoms with Crippen molar-refractivity contribution in [1.29, 1.82) is 0 Å². The maximum Gasteiger partial charge on any atom is 0.231 e. The van der Waals surface area contributed by atoms with Gasteiger partial charge in [-0.15, -0.1) is 12.4 Å². The van der Waals surface area contributed by atoms with Crippen LogP contribution in [-0.2, 0) is 11.2 Å². The third-order valence-electron chi connectivity index (χ3n) is 3.97. The predicted octanol–water partition coefficient (Wildman–Crippen LogP) is 1.59. The lowest BCUT2D eigenvalue weighted by atomic mass is 10.0. The summed E-state index contributed by atoms with van der Waals surface area (Å²) in [6.45, 7) is 1.93. The van der Waals surface area contributed by atoms with Crippen LogP contribution in [0, 0.1) is 0 Å². The van der Waals surface area contributed by atoms with Crippen molar-refractivity contribution >= 4 is 18.3 Å². The molecule has 2 heterocycles. The molecule has 2 aliphatic rings. The zero-order chi connectivity index (χ0) is 13.9. The fraction of sp³-hybridized carbons (Fsp3) is 0.533. The third-order valence-corrected chi connectivity index (χ3v) is 3.97. The normalized spacial score (nSPS) is 20.0. The fourth-order valence-corrected chi connectivity index (χ4v) is 2.78. The zero-order valence-corrected chi connectivity index (χ0v) is 12.9. The lowest BCUT2D eigenvalue weighted by Gasteiger charge is -2.32. The number of rotatable bonds is 3. The molecule has 6 heteroatoms. The highest BCUT2D eigenvalue weighted by molar-refractivity contribution is 5.85. The van der Waals surface area contributed by atoms with Crippen LogP contribution in [-0.4, -0.2) is 43.8 Å². The first-order valence-corrected chi connectivity index (χ1v) is 7.10. The van der Waals surface area contributed by atoms with Crippen LogP contribution in [0.25, 0.3) is 0 Å². The van der Waals surface area contributed by atoms with E-state index in [9.17, 15) is 4.79 Å². The van der Waals surface area contributed by atoms with E-state index < -0.39 is 0 Å². The highest BCUT2D eigenvalue weighted by atomic mass is 35.5. The van der Waals surface area contributed by atoms with E-state index in [0.717, 1.165) is 43.0 Å². The highest BCUT2D eigenvalue weighted by Gasteiger charge is 2.23. The molecule has 1 fully saturated rings. The monoisotopic (exact) mass is 312 g/mol. The Balaban J connectivity index is 0.00000161. The Bertz CT molecular complexity index is 510. The van der Waals surface area contributed by atoms with Crippen molar-refractivity contribution in [3.8, 4) is 11.5 Å². The first-order valence-electron chi connectivity index (χ1n) is 7.10. The molecule has 1 N–H and O–H groups in total. The van der Waals surface area contributed by atoms with Crippen LogP contribution in [0.3, 0.4) is 0 Å². The Morgan fingerprint density at radius 3 is 3.00 bits per heavy atom. The van der Waals surface area contributed by atoms with E-state index in [1.165, 1.54) is 0 Å². The third kappa shape index (κ3) is 3.60. The second kappa shape index (κ2) is 7.00. The van der Waals surface area contributed by atoms with Crippen molar-refractivity contribution in [3.63, 3.8) is 0 Å². The number of fused-ring (bicyclic) bond motifs is 1. The molecule has 1 saturated heterocycles. The molecule has 116 valence electrons. The fourth-order valence-electron chi connectivity index (χ4n) is 2.78. The Morgan fingerprint density at radius 1 is 1.38 bits per heavy atom. The summed E-state index contributed by atoms with van der Waals surface area (Å²) >= 11 is 0. The average Bonchev–Trinajstić information content (AvgIpc) is 2.95. The lowest BCUT2D eigenvalue weighted by molar-refractivity contribution is -0.131. The Kier molecular flexibility index (Phi) is 5.31. The highest BCUT2D eigenvalue weighted by Crippen LogP contribution is 2.32. The van der Waals surface area contributed by atoms with Gasteiger partial charge in [0.25, 0.3) is 0 Å². The summed E-state index contributed by atoms with van der Waals surface area (Å²) in [6, 6.07) is 6.13. The van der Waals surface area contributed by atoms with Gasteiger partial charge in [-0.05, 0) is 37.6 Å². The lowest BCUT2D eigenvalue weighted by Crippen LogP contribution is -2.47. The predicted molar refractivity (Wildman–Crippen MR) is 82.2 cm³/mol. The maximum atomic E-state index is 12.4. The molecule has 1 amide bonds. The minimum absolute atomic E-state index is 0. The van der Waals surface area contributed by atoms with Gasteiger partial charge in [0, 0.05) is 19.1 Å². The van der Waals surface area contributed by atoms with E-state index in [1.807, 2.05) is 30.1 Å². The summed E-state index contributed by atoms with van der Waals surface area (Å²) in [5.41, 5.74) is 0.978. The summed E-state index contributed by atoms with van der Waals surface area (Å²) in [5.74, 6) is 1.68. The van der Waals surface area contributed by atoms with E-state index in [0.29, 0.717) is 12.5 Å². The van der Waals surface area contributed by atoms with Crippen molar-refractivity contribution in [1.82, 2.24) is 10.2 Å². The van der Waals surface area contributed by atoms with Gasteiger partial charge in [0.1, 0.15) is 0 Å². The Morgan fingerprint density at radius 2 is 2.19 bits per heavy atom. The number of halogens is 1. The molecule has 0 bridgehead atoms. The number of ether oxygens (including phenoxy) is 2. The molecule has 1 unspecified atom stereocenters. The van der Waals surface area contributed by atoms with Gasteiger partial charge in [0.2, 0.25) is 12.7 Å². The Labute approximate surface area is 131 Å². The number of likely N-dealkylation sites (N-methyl/N-ethyl adjacent to an activating group) is 1. The van der Waals surface area contributed by atoms with Crippen LogP contribution in [0.4, 0.5) is 0 Å². The van der Waals surface area contributed by atoms with Crippen LogP contribution in [0.2, 0.25) is 0 Å². The minimum Gasteiger partial charge on any atom is -0.454 e. The van der Waals surface area contributed by atoms with Gasteiger partial charge < -0.3 is 19.7 Å². The molecule has 21 heavy (non-hydrogen) atoms. The summed E-state index contributed by atoms with van der Waals surface area (Å²) in [7, 11) is 1.95. The maximum absolute atomic E-state index is 12.4. The summed E-state index contributed by atoms with van der Waals surface area (Å²) in [4.78, 5) is 14.3. The van der Waals surface area contributed by atoms with Crippen molar-refractivity contribution in [2.45, 2.75) is 25.3 Å². The van der Waals surface area contributed by atoms with Crippen LogP contribution in [0.1, 0.15) is 18.4 Å². The quantitative estimate of drug-likeness (QED) is 0.921. The first-order chi connectivity index (χ1) is 9.76. The average molecular weight is 313 g/mol. The van der Waals surface area contributed by atoms with Crippen LogP contribution in [0.15, 0.2) is 18.2 Å². The summed E-state index contributed by atoms with van der Waals surface area (Å²) in [6.07, 6.45) is 2.63. The molecule has 0 saturated carbocycles. The number of carbonyl (C=O) groups is 1. The molecule has 0 radical (unpaired) electrons. The molecule has 0 aromatic heterocycles. The molecule has 2 aliphatic heterocycles. The molecule has 1 aromatic carbocycles. The minimum atomic E-state index is 0. The van der Waals surface area contributed by atoms with Crippen LogP contribution >= 0.6 is 12.4 Å². The van der Waals surface area contributed by atoms with E-state index >= 15 is 0 Å². The molecule has 3 rings (SSSR count). The van der Waals surface area contributed by atoms with Crippen molar-refractivity contribution in [2.75, 3.05) is 26.9 Å². The number of hydrogen-bond acceptors (Lipinski definition) is 4.